The van der Waals surface area contributed by atoms with Crippen LogP contribution in [0.4, 0.5) is 15.8 Å². The van der Waals surface area contributed by atoms with E-state index in [1.807, 2.05) is 0 Å². The van der Waals surface area contributed by atoms with Crippen molar-refractivity contribution in [1.29, 1.82) is 0 Å². The monoisotopic (exact) mass is 286 g/mol. The zero-order valence-electron chi connectivity index (χ0n) is 9.02. The molecular formula is C11H8ClFN2O2S. The summed E-state index contributed by atoms with van der Waals surface area (Å²) in [4.78, 5) is 10.8. The molecule has 0 aliphatic heterocycles. The third kappa shape index (κ3) is 2.96. The van der Waals surface area contributed by atoms with Gasteiger partial charge >= 0.3 is 0 Å². The molecule has 1 heterocycles. The molecule has 1 N–H and O–H groups in total. The zero-order chi connectivity index (χ0) is 13.1. The van der Waals surface area contributed by atoms with E-state index in [9.17, 15) is 14.5 Å². The Morgan fingerprint density at radius 2 is 2.22 bits per heavy atom. The van der Waals surface area contributed by atoms with Crippen molar-refractivity contribution >= 4 is 34.3 Å². The third-order valence-corrected chi connectivity index (χ3v) is 3.52. The Hall–Kier alpha value is -1.66. The highest BCUT2D eigenvalue weighted by molar-refractivity contribution is 7.10. The van der Waals surface area contributed by atoms with Gasteiger partial charge in [-0.05, 0) is 12.1 Å². The zero-order valence-corrected chi connectivity index (χ0v) is 10.6. The van der Waals surface area contributed by atoms with Crippen LogP contribution in [0.1, 0.15) is 4.88 Å². The Labute approximate surface area is 111 Å². The largest absolute Gasteiger partial charge is 0.378 e. The van der Waals surface area contributed by atoms with Crippen molar-refractivity contribution < 1.29 is 9.31 Å². The van der Waals surface area contributed by atoms with Gasteiger partial charge in [-0.25, -0.2) is 4.39 Å². The molecule has 1 aromatic carbocycles. The van der Waals surface area contributed by atoms with Crippen LogP contribution in [0.5, 0.6) is 0 Å². The third-order valence-electron chi connectivity index (χ3n) is 2.24. The Balaban J connectivity index is 2.08. The lowest BCUT2D eigenvalue weighted by Crippen LogP contribution is -2.00. The van der Waals surface area contributed by atoms with Gasteiger partial charge in [-0.1, -0.05) is 11.6 Å². The van der Waals surface area contributed by atoms with E-state index in [2.05, 4.69) is 5.32 Å². The standard InChI is InChI=1S/C11H8ClFN2O2S/c12-7-3-9(18-6-7)5-14-11-2-1-8(15(16)17)4-10(11)13/h1-4,6,14H,5H2. The van der Waals surface area contributed by atoms with E-state index in [1.165, 1.54) is 23.5 Å². The highest BCUT2D eigenvalue weighted by atomic mass is 35.5. The first kappa shape index (κ1) is 12.8. The second-order valence-electron chi connectivity index (χ2n) is 3.51. The topological polar surface area (TPSA) is 55.2 Å². The van der Waals surface area contributed by atoms with E-state index in [0.717, 1.165) is 10.9 Å². The van der Waals surface area contributed by atoms with Crippen LogP contribution >= 0.6 is 22.9 Å². The maximum atomic E-state index is 13.5. The van der Waals surface area contributed by atoms with Crippen molar-refractivity contribution in [3.05, 3.63) is 55.5 Å². The number of rotatable bonds is 4. The number of anilines is 1. The summed E-state index contributed by atoms with van der Waals surface area (Å²) in [5.41, 5.74) is -0.0395. The predicted octanol–water partition coefficient (Wildman–Crippen LogP) is 4.06. The lowest BCUT2D eigenvalue weighted by Gasteiger charge is -2.05. The minimum absolute atomic E-state index is 0.227. The number of non-ortho nitro benzene ring substituents is 1. The van der Waals surface area contributed by atoms with Crippen LogP contribution in [-0.4, -0.2) is 4.92 Å². The molecule has 0 radical (unpaired) electrons. The fourth-order valence-corrected chi connectivity index (χ4v) is 2.40. The molecule has 1 aromatic heterocycles. The number of thiophene rings is 1. The Kier molecular flexibility index (Phi) is 3.78. The molecule has 2 aromatic rings. The molecule has 0 amide bonds. The number of hydrogen-bond donors (Lipinski definition) is 1. The van der Waals surface area contributed by atoms with Gasteiger partial charge in [-0.2, -0.15) is 0 Å². The first-order valence-electron chi connectivity index (χ1n) is 4.97. The van der Waals surface area contributed by atoms with Crippen LogP contribution in [0.25, 0.3) is 0 Å². The summed E-state index contributed by atoms with van der Waals surface area (Å²) in [6.07, 6.45) is 0. The Morgan fingerprint density at radius 3 is 2.78 bits per heavy atom. The minimum atomic E-state index is -0.646. The van der Waals surface area contributed by atoms with Crippen molar-refractivity contribution in [3.8, 4) is 0 Å². The molecule has 0 atom stereocenters. The van der Waals surface area contributed by atoms with Gasteiger partial charge in [0.15, 0.2) is 5.82 Å². The van der Waals surface area contributed by atoms with Crippen molar-refractivity contribution in [1.82, 2.24) is 0 Å². The van der Waals surface area contributed by atoms with Gasteiger partial charge in [0.05, 0.1) is 21.7 Å². The van der Waals surface area contributed by atoms with Gasteiger partial charge in [0.2, 0.25) is 0 Å². The van der Waals surface area contributed by atoms with Crippen molar-refractivity contribution in [3.63, 3.8) is 0 Å². The van der Waals surface area contributed by atoms with E-state index >= 15 is 0 Å². The van der Waals surface area contributed by atoms with Crippen molar-refractivity contribution in [2.24, 2.45) is 0 Å². The normalized spacial score (nSPS) is 10.3. The fourth-order valence-electron chi connectivity index (χ4n) is 1.39. The molecule has 0 spiro atoms. The summed E-state index contributed by atoms with van der Waals surface area (Å²) in [6.45, 7) is 0.423. The molecular weight excluding hydrogens is 279 g/mol. The van der Waals surface area contributed by atoms with E-state index in [1.54, 1.807) is 11.4 Å². The summed E-state index contributed by atoms with van der Waals surface area (Å²) >= 11 is 7.22. The number of nitro groups is 1. The minimum Gasteiger partial charge on any atom is -0.378 e. The van der Waals surface area contributed by atoms with Gasteiger partial charge in [0.1, 0.15) is 0 Å². The number of hydrogen-bond acceptors (Lipinski definition) is 4. The number of nitrogens with one attached hydrogen (secondary N) is 1. The summed E-state index contributed by atoms with van der Waals surface area (Å²) < 4.78 is 13.5. The van der Waals surface area contributed by atoms with Crippen molar-refractivity contribution in [2.45, 2.75) is 6.54 Å². The SMILES string of the molecule is O=[N+]([O-])c1ccc(NCc2cc(Cl)cs2)c(F)c1. The van der Waals surface area contributed by atoms with Crippen molar-refractivity contribution in [2.75, 3.05) is 5.32 Å². The Morgan fingerprint density at radius 1 is 1.44 bits per heavy atom. The van der Waals surface area contributed by atoms with Crippen LogP contribution < -0.4 is 5.32 Å². The number of nitro benzene ring substituents is 1. The highest BCUT2D eigenvalue weighted by Gasteiger charge is 2.10. The van der Waals surface area contributed by atoms with Gasteiger partial charge < -0.3 is 5.32 Å². The maximum absolute atomic E-state index is 13.5. The smallest absolute Gasteiger partial charge is 0.272 e. The fraction of sp³-hybridized carbons (Fsp3) is 0.0909. The first-order valence-corrected chi connectivity index (χ1v) is 6.23. The highest BCUT2D eigenvalue weighted by Crippen LogP contribution is 2.23. The molecule has 0 saturated heterocycles. The van der Waals surface area contributed by atoms with E-state index in [4.69, 9.17) is 11.6 Å². The predicted molar refractivity (Wildman–Crippen MR) is 69.7 cm³/mol. The van der Waals surface area contributed by atoms with Crippen LogP contribution in [0.3, 0.4) is 0 Å². The molecule has 18 heavy (non-hydrogen) atoms. The van der Waals surface area contributed by atoms with Gasteiger partial charge in [-0.15, -0.1) is 11.3 Å². The van der Waals surface area contributed by atoms with Crippen LogP contribution in [0.15, 0.2) is 29.6 Å². The maximum Gasteiger partial charge on any atom is 0.272 e. The summed E-state index contributed by atoms with van der Waals surface area (Å²) in [5, 5.41) is 15.7. The molecule has 94 valence electrons. The molecule has 2 rings (SSSR count). The van der Waals surface area contributed by atoms with Crippen LogP contribution in [-0.2, 0) is 6.54 Å². The quantitative estimate of drug-likeness (QED) is 0.681. The Bertz CT molecular complexity index is 588. The van der Waals surface area contributed by atoms with Gasteiger partial charge in [0, 0.05) is 22.9 Å². The molecule has 4 nitrogen and oxygen atoms in total. The summed E-state index contributed by atoms with van der Waals surface area (Å²) in [6, 6.07) is 5.28. The summed E-state index contributed by atoms with van der Waals surface area (Å²) in [5.74, 6) is -0.646. The lowest BCUT2D eigenvalue weighted by molar-refractivity contribution is -0.385. The van der Waals surface area contributed by atoms with Gasteiger partial charge in [0.25, 0.3) is 5.69 Å². The second-order valence-corrected chi connectivity index (χ2v) is 4.94. The number of nitrogens with zero attached hydrogens (tertiary/aromatic N) is 1. The number of halogens is 2. The van der Waals surface area contributed by atoms with Crippen LogP contribution in [0, 0.1) is 15.9 Å². The molecule has 0 aliphatic carbocycles. The molecule has 0 bridgehead atoms. The van der Waals surface area contributed by atoms with Crippen LogP contribution in [0.2, 0.25) is 5.02 Å². The molecule has 0 saturated carbocycles. The molecule has 0 aliphatic rings. The summed E-state index contributed by atoms with van der Waals surface area (Å²) in [7, 11) is 0. The number of benzene rings is 1. The van der Waals surface area contributed by atoms with E-state index in [0.29, 0.717) is 11.6 Å². The van der Waals surface area contributed by atoms with E-state index < -0.39 is 10.7 Å². The average Bonchev–Trinajstić information content (AvgIpc) is 2.73. The molecule has 7 heteroatoms. The van der Waals surface area contributed by atoms with E-state index in [-0.39, 0.29) is 11.4 Å². The average molecular weight is 287 g/mol. The molecule has 0 fully saturated rings. The second kappa shape index (κ2) is 5.32. The first-order chi connectivity index (χ1) is 8.56. The lowest BCUT2D eigenvalue weighted by atomic mass is 10.2. The van der Waals surface area contributed by atoms with Gasteiger partial charge in [-0.3, -0.25) is 10.1 Å². The molecule has 0 unspecified atom stereocenters.